The molecule has 0 bridgehead atoms. The molecule has 124 valence electrons. The summed E-state index contributed by atoms with van der Waals surface area (Å²) >= 11 is 1.58. The monoisotopic (exact) mass is 338 g/mol. The van der Waals surface area contributed by atoms with E-state index in [0.29, 0.717) is 21.6 Å². The van der Waals surface area contributed by atoms with Gasteiger partial charge < -0.3 is 4.42 Å². The van der Waals surface area contributed by atoms with E-state index in [2.05, 4.69) is 45.0 Å². The molecular weight excluding hydrogens is 316 g/mol. The number of para-hydroxylation sites is 1. The van der Waals surface area contributed by atoms with Crippen LogP contribution in [0.25, 0.3) is 11.0 Å². The van der Waals surface area contributed by atoms with Gasteiger partial charge in [0.05, 0.1) is 5.39 Å². The molecule has 0 saturated heterocycles. The van der Waals surface area contributed by atoms with Crippen LogP contribution in [-0.2, 0) is 11.2 Å². The van der Waals surface area contributed by atoms with Gasteiger partial charge in [0.25, 0.3) is 0 Å². The summed E-state index contributed by atoms with van der Waals surface area (Å²) in [4.78, 5) is 12.4. The lowest BCUT2D eigenvalue weighted by Gasteiger charge is -2.19. The van der Waals surface area contributed by atoms with Gasteiger partial charge in [-0.3, -0.25) is 4.79 Å². The van der Waals surface area contributed by atoms with Crippen LogP contribution in [0.15, 0.2) is 62.8 Å². The van der Waals surface area contributed by atoms with Crippen LogP contribution in [0.2, 0.25) is 0 Å². The third-order valence-corrected chi connectivity index (χ3v) is 5.30. The molecule has 24 heavy (non-hydrogen) atoms. The average Bonchev–Trinajstić information content (AvgIpc) is 2.56. The van der Waals surface area contributed by atoms with Crippen molar-refractivity contribution in [1.82, 2.24) is 0 Å². The first-order valence-electron chi connectivity index (χ1n) is 8.11. The van der Waals surface area contributed by atoms with Gasteiger partial charge in [-0.15, -0.1) is 0 Å². The van der Waals surface area contributed by atoms with Gasteiger partial charge in [-0.25, -0.2) is 0 Å². The Morgan fingerprint density at radius 3 is 2.33 bits per heavy atom. The Bertz CT molecular complexity index is 915. The molecular formula is C21H22O2S. The van der Waals surface area contributed by atoms with Crippen molar-refractivity contribution in [2.24, 2.45) is 0 Å². The van der Waals surface area contributed by atoms with E-state index in [0.717, 1.165) is 5.75 Å². The molecule has 0 N–H and O–H groups in total. The van der Waals surface area contributed by atoms with Crippen molar-refractivity contribution in [3.63, 3.8) is 0 Å². The number of fused-ring (bicyclic) bond motifs is 1. The zero-order valence-electron chi connectivity index (χ0n) is 14.6. The number of hydrogen-bond donors (Lipinski definition) is 0. The molecule has 0 radical (unpaired) electrons. The highest BCUT2D eigenvalue weighted by molar-refractivity contribution is 7.98. The van der Waals surface area contributed by atoms with Crippen molar-refractivity contribution in [3.05, 3.63) is 75.4 Å². The summed E-state index contributed by atoms with van der Waals surface area (Å²) in [6.07, 6.45) is 0. The van der Waals surface area contributed by atoms with Crippen molar-refractivity contribution < 1.29 is 4.42 Å². The predicted molar refractivity (Wildman–Crippen MR) is 102 cm³/mol. The minimum absolute atomic E-state index is 0.0578. The Labute approximate surface area is 146 Å². The van der Waals surface area contributed by atoms with Gasteiger partial charge in [0.1, 0.15) is 5.58 Å². The third-order valence-electron chi connectivity index (χ3n) is 4.17. The summed E-state index contributed by atoms with van der Waals surface area (Å²) in [5.74, 6) is 0.784. The zero-order chi connectivity index (χ0) is 17.3. The molecule has 0 unspecified atom stereocenters. The first kappa shape index (κ1) is 16.8. The average molecular weight is 338 g/mol. The Hall–Kier alpha value is -2.00. The topological polar surface area (TPSA) is 30.2 Å². The molecule has 0 aliphatic rings. The van der Waals surface area contributed by atoms with Crippen LogP contribution in [-0.4, -0.2) is 0 Å². The summed E-state index contributed by atoms with van der Waals surface area (Å²) in [6.45, 7) is 8.47. The van der Waals surface area contributed by atoms with Gasteiger partial charge in [-0.05, 0) is 35.6 Å². The molecule has 3 aromatic rings. The highest BCUT2D eigenvalue weighted by Crippen LogP contribution is 2.29. The number of hydrogen-bond acceptors (Lipinski definition) is 3. The maximum absolute atomic E-state index is 12.4. The highest BCUT2D eigenvalue weighted by atomic mass is 32.2. The molecule has 3 heteroatoms. The summed E-state index contributed by atoms with van der Waals surface area (Å²) in [5, 5.41) is 1.35. The zero-order valence-corrected chi connectivity index (χ0v) is 15.4. The van der Waals surface area contributed by atoms with Gasteiger partial charge in [0, 0.05) is 11.3 Å². The second kappa shape index (κ2) is 6.48. The standard InChI is InChI=1S/C21H22O2S/c1-14-19(22)17-7-5-6-8-18(17)23-20(14)24-13-15-9-11-16(12-10-15)21(2,3)4/h5-12H,13H2,1-4H3. The largest absolute Gasteiger partial charge is 0.449 e. The Morgan fingerprint density at radius 2 is 1.67 bits per heavy atom. The molecule has 0 amide bonds. The SMILES string of the molecule is Cc1c(SCc2ccc(C(C)(C)C)cc2)oc2ccccc2c1=O. The molecule has 0 atom stereocenters. The van der Waals surface area contributed by atoms with Gasteiger partial charge in [0.2, 0.25) is 0 Å². The summed E-state index contributed by atoms with van der Waals surface area (Å²) in [7, 11) is 0. The van der Waals surface area contributed by atoms with E-state index in [1.165, 1.54) is 11.1 Å². The Kier molecular flexibility index (Phi) is 4.55. The Balaban J connectivity index is 1.83. The molecule has 1 heterocycles. The van der Waals surface area contributed by atoms with Crippen molar-refractivity contribution >= 4 is 22.7 Å². The normalized spacial score (nSPS) is 11.8. The maximum Gasteiger partial charge on any atom is 0.196 e. The minimum Gasteiger partial charge on any atom is -0.449 e. The van der Waals surface area contributed by atoms with Crippen LogP contribution >= 0.6 is 11.8 Å². The lowest BCUT2D eigenvalue weighted by atomic mass is 9.87. The van der Waals surface area contributed by atoms with Crippen LogP contribution in [0, 0.1) is 6.92 Å². The fourth-order valence-corrected chi connectivity index (χ4v) is 3.55. The lowest BCUT2D eigenvalue weighted by molar-refractivity contribution is 0.492. The summed E-state index contributed by atoms with van der Waals surface area (Å²) in [5.41, 5.74) is 4.10. The second-order valence-electron chi connectivity index (χ2n) is 7.08. The van der Waals surface area contributed by atoms with Crippen LogP contribution in [0.1, 0.15) is 37.5 Å². The first-order chi connectivity index (χ1) is 11.4. The van der Waals surface area contributed by atoms with Gasteiger partial charge >= 0.3 is 0 Å². The van der Waals surface area contributed by atoms with Crippen LogP contribution in [0.4, 0.5) is 0 Å². The van der Waals surface area contributed by atoms with Gasteiger partial charge in [-0.1, -0.05) is 68.9 Å². The van der Waals surface area contributed by atoms with Crippen LogP contribution < -0.4 is 5.43 Å². The smallest absolute Gasteiger partial charge is 0.196 e. The van der Waals surface area contributed by atoms with Crippen LogP contribution in [0.5, 0.6) is 0 Å². The quantitative estimate of drug-likeness (QED) is 0.575. The van der Waals surface area contributed by atoms with Crippen molar-refractivity contribution in [2.45, 2.75) is 44.0 Å². The molecule has 0 aliphatic heterocycles. The maximum atomic E-state index is 12.4. The first-order valence-corrected chi connectivity index (χ1v) is 9.09. The molecule has 2 nitrogen and oxygen atoms in total. The molecule has 0 saturated carbocycles. The number of benzene rings is 2. The fraction of sp³-hybridized carbons (Fsp3) is 0.286. The van der Waals surface area contributed by atoms with Crippen molar-refractivity contribution in [2.75, 3.05) is 0 Å². The molecule has 1 aromatic heterocycles. The molecule has 0 spiro atoms. The van der Waals surface area contributed by atoms with Gasteiger partial charge in [0.15, 0.2) is 10.5 Å². The van der Waals surface area contributed by atoms with E-state index in [4.69, 9.17) is 4.42 Å². The number of rotatable bonds is 3. The summed E-state index contributed by atoms with van der Waals surface area (Å²) in [6, 6.07) is 16.1. The van der Waals surface area contributed by atoms with E-state index in [-0.39, 0.29) is 10.8 Å². The fourth-order valence-electron chi connectivity index (χ4n) is 2.60. The third kappa shape index (κ3) is 3.41. The van der Waals surface area contributed by atoms with Crippen molar-refractivity contribution in [1.29, 1.82) is 0 Å². The molecule has 2 aromatic carbocycles. The van der Waals surface area contributed by atoms with E-state index >= 15 is 0 Å². The number of thioether (sulfide) groups is 1. The van der Waals surface area contributed by atoms with E-state index in [1.807, 2.05) is 31.2 Å². The Morgan fingerprint density at radius 1 is 1.00 bits per heavy atom. The van der Waals surface area contributed by atoms with E-state index < -0.39 is 0 Å². The van der Waals surface area contributed by atoms with E-state index in [1.54, 1.807) is 11.8 Å². The minimum atomic E-state index is 0.0578. The highest BCUT2D eigenvalue weighted by Gasteiger charge is 2.14. The molecule has 0 fully saturated rings. The molecule has 3 rings (SSSR count). The van der Waals surface area contributed by atoms with Crippen molar-refractivity contribution in [3.8, 4) is 0 Å². The van der Waals surface area contributed by atoms with Gasteiger partial charge in [-0.2, -0.15) is 0 Å². The molecule has 0 aliphatic carbocycles. The van der Waals surface area contributed by atoms with E-state index in [9.17, 15) is 4.79 Å². The second-order valence-corrected chi connectivity index (χ2v) is 8.02. The van der Waals surface area contributed by atoms with Crippen LogP contribution in [0.3, 0.4) is 0 Å². The predicted octanol–water partition coefficient (Wildman–Crippen LogP) is 5.69. The lowest BCUT2D eigenvalue weighted by Crippen LogP contribution is -2.10. The summed E-state index contributed by atoms with van der Waals surface area (Å²) < 4.78 is 5.94.